The fraction of sp³-hybridized carbons (Fsp3) is 0.444. The van der Waals surface area contributed by atoms with Gasteiger partial charge in [0.25, 0.3) is 5.91 Å². The van der Waals surface area contributed by atoms with E-state index in [1.54, 1.807) is 36.9 Å². The zero-order chi connectivity index (χ0) is 19.4. The fourth-order valence-corrected chi connectivity index (χ4v) is 3.15. The van der Waals surface area contributed by atoms with Crippen molar-refractivity contribution >= 4 is 23.4 Å². The van der Waals surface area contributed by atoms with E-state index < -0.39 is 0 Å². The Morgan fingerprint density at radius 1 is 1.37 bits per heavy atom. The lowest BCUT2D eigenvalue weighted by molar-refractivity contribution is -0.130. The monoisotopic (exact) mass is 391 g/mol. The van der Waals surface area contributed by atoms with E-state index in [-0.39, 0.29) is 24.5 Å². The Balaban J connectivity index is 1.65. The molecule has 2 heterocycles. The Bertz CT molecular complexity index is 830. The van der Waals surface area contributed by atoms with Crippen molar-refractivity contribution in [2.75, 3.05) is 13.1 Å². The van der Waals surface area contributed by atoms with Crippen LogP contribution in [0.25, 0.3) is 0 Å². The molecule has 9 heteroatoms. The minimum atomic E-state index is -0.309. The molecule has 1 fully saturated rings. The van der Waals surface area contributed by atoms with Gasteiger partial charge in [-0.1, -0.05) is 11.6 Å². The van der Waals surface area contributed by atoms with Crippen molar-refractivity contribution in [1.29, 1.82) is 0 Å². The van der Waals surface area contributed by atoms with Crippen molar-refractivity contribution in [2.45, 2.75) is 39.3 Å². The van der Waals surface area contributed by atoms with Crippen LogP contribution in [0.3, 0.4) is 0 Å². The Hall–Kier alpha value is -2.61. The minimum Gasteiger partial charge on any atom is -0.489 e. The number of carbonyl (C=O) groups excluding carboxylic acids is 2. The first kappa shape index (κ1) is 19.2. The number of likely N-dealkylation sites (tertiary alicyclic amines) is 1. The summed E-state index contributed by atoms with van der Waals surface area (Å²) in [4.78, 5) is 30.0. The van der Waals surface area contributed by atoms with E-state index in [4.69, 9.17) is 16.3 Å². The molecular weight excluding hydrogens is 370 g/mol. The van der Waals surface area contributed by atoms with Crippen LogP contribution in [0.15, 0.2) is 18.2 Å². The molecule has 1 aromatic heterocycles. The predicted octanol–water partition coefficient (Wildman–Crippen LogP) is 2.09. The van der Waals surface area contributed by atoms with Crippen molar-refractivity contribution in [3.8, 4) is 5.75 Å². The van der Waals surface area contributed by atoms with Gasteiger partial charge in [0.15, 0.2) is 5.82 Å². The minimum absolute atomic E-state index is 0.0519. The summed E-state index contributed by atoms with van der Waals surface area (Å²) in [6, 6.07) is 4.97. The van der Waals surface area contributed by atoms with Gasteiger partial charge in [-0.3, -0.25) is 14.7 Å². The van der Waals surface area contributed by atoms with Crippen LogP contribution in [0.2, 0.25) is 5.02 Å². The van der Waals surface area contributed by atoms with E-state index in [0.29, 0.717) is 41.1 Å². The molecule has 0 bridgehead atoms. The van der Waals surface area contributed by atoms with E-state index >= 15 is 0 Å². The highest BCUT2D eigenvalue weighted by Gasteiger charge is 2.24. The highest BCUT2D eigenvalue weighted by Crippen LogP contribution is 2.26. The highest BCUT2D eigenvalue weighted by molar-refractivity contribution is 6.31. The Morgan fingerprint density at radius 2 is 2.11 bits per heavy atom. The van der Waals surface area contributed by atoms with Crippen molar-refractivity contribution in [1.82, 2.24) is 25.4 Å². The lowest BCUT2D eigenvalue weighted by Gasteiger charge is -2.31. The van der Waals surface area contributed by atoms with Gasteiger partial charge in [0.2, 0.25) is 5.91 Å². The summed E-state index contributed by atoms with van der Waals surface area (Å²) in [7, 11) is 0. The second-order valence-corrected chi connectivity index (χ2v) is 6.92. The van der Waals surface area contributed by atoms with E-state index in [2.05, 4.69) is 20.5 Å². The predicted molar refractivity (Wildman–Crippen MR) is 99.6 cm³/mol. The Kier molecular flexibility index (Phi) is 5.95. The van der Waals surface area contributed by atoms with Crippen molar-refractivity contribution < 1.29 is 14.3 Å². The summed E-state index contributed by atoms with van der Waals surface area (Å²) in [5.41, 5.74) is 0.365. The van der Waals surface area contributed by atoms with Gasteiger partial charge >= 0.3 is 0 Å². The van der Waals surface area contributed by atoms with Crippen molar-refractivity contribution in [3.05, 3.63) is 40.4 Å². The van der Waals surface area contributed by atoms with Crippen LogP contribution in [0.5, 0.6) is 5.75 Å². The first-order valence-corrected chi connectivity index (χ1v) is 9.18. The summed E-state index contributed by atoms with van der Waals surface area (Å²) < 4.78 is 6.05. The normalized spacial score (nSPS) is 14.9. The number of nitrogens with zero attached hydrogens (tertiary/aromatic N) is 3. The number of piperidine rings is 1. The molecule has 2 aromatic rings. The number of aromatic nitrogens is 3. The molecule has 2 amide bonds. The molecule has 0 radical (unpaired) electrons. The lowest BCUT2D eigenvalue weighted by Crippen LogP contribution is -2.40. The zero-order valence-corrected chi connectivity index (χ0v) is 16.0. The third-order valence-electron chi connectivity index (χ3n) is 4.42. The molecule has 1 aliphatic heterocycles. The zero-order valence-electron chi connectivity index (χ0n) is 15.3. The average Bonchev–Trinajstić information content (AvgIpc) is 3.07. The number of ether oxygens (including phenoxy) is 1. The van der Waals surface area contributed by atoms with E-state index in [1.807, 2.05) is 0 Å². The standard InChI is InChI=1S/C18H22ClN5O3/c1-11-21-17(23-22-11)10-20-18(26)15-9-13(19)3-4-16(15)27-14-5-7-24(8-6-14)12(2)25/h3-4,9,14H,5-8,10H2,1-2H3,(H,20,26)(H,21,22,23). The first-order valence-electron chi connectivity index (χ1n) is 8.80. The number of rotatable bonds is 5. The Labute approximate surface area is 162 Å². The van der Waals surface area contributed by atoms with Crippen LogP contribution >= 0.6 is 11.6 Å². The fourth-order valence-electron chi connectivity index (χ4n) is 2.97. The van der Waals surface area contributed by atoms with Crippen LogP contribution in [-0.4, -0.2) is 51.1 Å². The molecule has 1 aromatic carbocycles. The molecule has 0 atom stereocenters. The summed E-state index contributed by atoms with van der Waals surface area (Å²) in [6.45, 7) is 4.86. The van der Waals surface area contributed by atoms with E-state index in [0.717, 1.165) is 12.8 Å². The van der Waals surface area contributed by atoms with Crippen LogP contribution in [0.4, 0.5) is 0 Å². The quantitative estimate of drug-likeness (QED) is 0.812. The number of aromatic amines is 1. The smallest absolute Gasteiger partial charge is 0.255 e. The molecular formula is C18H22ClN5O3. The number of carbonyl (C=O) groups is 2. The first-order chi connectivity index (χ1) is 12.9. The van der Waals surface area contributed by atoms with Gasteiger partial charge in [-0.2, -0.15) is 5.10 Å². The topological polar surface area (TPSA) is 100 Å². The molecule has 144 valence electrons. The lowest BCUT2D eigenvalue weighted by atomic mass is 10.1. The third kappa shape index (κ3) is 4.97. The van der Waals surface area contributed by atoms with Gasteiger partial charge in [0.1, 0.15) is 17.7 Å². The number of amides is 2. The SMILES string of the molecule is CC(=O)N1CCC(Oc2ccc(Cl)cc2C(=O)NCc2n[nH]c(C)n2)CC1. The van der Waals surface area contributed by atoms with Gasteiger partial charge in [-0.05, 0) is 25.1 Å². The van der Waals surface area contributed by atoms with Gasteiger partial charge in [-0.25, -0.2) is 4.98 Å². The van der Waals surface area contributed by atoms with Crippen LogP contribution in [-0.2, 0) is 11.3 Å². The van der Waals surface area contributed by atoms with Gasteiger partial charge in [0, 0.05) is 37.9 Å². The van der Waals surface area contributed by atoms with Gasteiger partial charge < -0.3 is 15.0 Å². The molecule has 2 N–H and O–H groups in total. The largest absolute Gasteiger partial charge is 0.489 e. The number of H-pyrrole nitrogens is 1. The molecule has 1 saturated heterocycles. The summed E-state index contributed by atoms with van der Waals surface area (Å²) in [5, 5.41) is 9.96. The van der Waals surface area contributed by atoms with Crippen molar-refractivity contribution in [3.63, 3.8) is 0 Å². The maximum absolute atomic E-state index is 12.6. The number of hydrogen-bond donors (Lipinski definition) is 2. The van der Waals surface area contributed by atoms with E-state index in [9.17, 15) is 9.59 Å². The van der Waals surface area contributed by atoms with Gasteiger partial charge in [-0.15, -0.1) is 0 Å². The second-order valence-electron chi connectivity index (χ2n) is 6.48. The molecule has 1 aliphatic rings. The maximum Gasteiger partial charge on any atom is 0.255 e. The maximum atomic E-state index is 12.6. The summed E-state index contributed by atoms with van der Waals surface area (Å²) >= 11 is 6.07. The molecule has 3 rings (SSSR count). The second kappa shape index (κ2) is 8.39. The van der Waals surface area contributed by atoms with Crippen LogP contribution in [0, 0.1) is 6.92 Å². The van der Waals surface area contributed by atoms with Crippen LogP contribution < -0.4 is 10.1 Å². The Morgan fingerprint density at radius 3 is 2.74 bits per heavy atom. The number of nitrogens with one attached hydrogen (secondary N) is 2. The molecule has 0 aliphatic carbocycles. The third-order valence-corrected chi connectivity index (χ3v) is 4.65. The highest BCUT2D eigenvalue weighted by atomic mass is 35.5. The number of benzene rings is 1. The summed E-state index contributed by atoms with van der Waals surface area (Å²) in [5.74, 6) is 1.42. The molecule has 0 unspecified atom stereocenters. The molecule has 27 heavy (non-hydrogen) atoms. The summed E-state index contributed by atoms with van der Waals surface area (Å²) in [6.07, 6.45) is 1.39. The van der Waals surface area contributed by atoms with E-state index in [1.165, 1.54) is 0 Å². The number of aryl methyl sites for hydroxylation is 1. The molecule has 0 spiro atoms. The molecule has 0 saturated carbocycles. The number of halogens is 1. The average molecular weight is 392 g/mol. The van der Waals surface area contributed by atoms with Crippen molar-refractivity contribution in [2.24, 2.45) is 0 Å². The molecule has 8 nitrogen and oxygen atoms in total. The van der Waals surface area contributed by atoms with Gasteiger partial charge in [0.05, 0.1) is 12.1 Å². The van der Waals surface area contributed by atoms with Crippen LogP contribution in [0.1, 0.15) is 41.8 Å². The number of hydrogen-bond acceptors (Lipinski definition) is 5.